The molecular weight excluding hydrogens is 197 g/mol. The Kier molecular flexibility index (Phi) is 2.59. The Balaban J connectivity index is 2.12. The molecule has 0 unspecified atom stereocenters. The lowest BCUT2D eigenvalue weighted by molar-refractivity contribution is -0.139. The van der Waals surface area contributed by atoms with Crippen LogP contribution in [0.3, 0.4) is 0 Å². The van der Waals surface area contributed by atoms with Gasteiger partial charge >= 0.3 is 5.97 Å². The second kappa shape index (κ2) is 3.73. The molecule has 2 radical (unpaired) electrons. The average molecular weight is 207 g/mol. The van der Waals surface area contributed by atoms with Crippen LogP contribution in [0.1, 0.15) is 29.5 Å². The van der Waals surface area contributed by atoms with Gasteiger partial charge in [0.05, 0.1) is 24.2 Å². The maximum atomic E-state index is 11.0. The molecule has 14 heavy (non-hydrogen) atoms. The third-order valence-electron chi connectivity index (χ3n) is 2.21. The highest BCUT2D eigenvalue weighted by Gasteiger charge is 2.27. The number of ether oxygens (including phenoxy) is 1. The predicted molar refractivity (Wildman–Crippen MR) is 55.2 cm³/mol. The highest BCUT2D eigenvalue weighted by molar-refractivity contribution is 7.20. The Morgan fingerprint density at radius 1 is 1.71 bits per heavy atom. The summed E-state index contributed by atoms with van der Waals surface area (Å²) in [5, 5.41) is 1.07. The van der Waals surface area contributed by atoms with Crippen molar-refractivity contribution in [3.05, 3.63) is 10.7 Å². The number of hydrogen-bond donors (Lipinski definition) is 0. The molecule has 1 aliphatic carbocycles. The van der Waals surface area contributed by atoms with E-state index >= 15 is 0 Å². The standard InChI is InChI=1S/C9H10BNO2S/c1-13-7(12)4-6-8(10)14-9(11-6)5-2-3-5/h5H,2-4H2,1H3. The van der Waals surface area contributed by atoms with Crippen LogP contribution in [0, 0.1) is 0 Å². The van der Waals surface area contributed by atoms with Gasteiger partial charge in [-0.2, -0.15) is 0 Å². The number of thiazole rings is 1. The van der Waals surface area contributed by atoms with Crippen LogP contribution in [0.4, 0.5) is 0 Å². The van der Waals surface area contributed by atoms with Crippen LogP contribution < -0.4 is 4.78 Å². The maximum absolute atomic E-state index is 11.0. The summed E-state index contributed by atoms with van der Waals surface area (Å²) in [6.45, 7) is 0. The molecule has 5 heteroatoms. The van der Waals surface area contributed by atoms with Crippen LogP contribution in [0.2, 0.25) is 0 Å². The van der Waals surface area contributed by atoms with Gasteiger partial charge in [-0.25, -0.2) is 4.98 Å². The summed E-state index contributed by atoms with van der Waals surface area (Å²) < 4.78 is 5.21. The Hall–Kier alpha value is -0.835. The van der Waals surface area contributed by atoms with E-state index in [4.69, 9.17) is 7.85 Å². The van der Waals surface area contributed by atoms with Crippen molar-refractivity contribution in [2.24, 2.45) is 0 Å². The van der Waals surface area contributed by atoms with Crippen molar-refractivity contribution in [2.45, 2.75) is 25.2 Å². The number of aromatic nitrogens is 1. The minimum atomic E-state index is -0.288. The van der Waals surface area contributed by atoms with Crippen molar-refractivity contribution in [1.82, 2.24) is 4.98 Å². The first-order valence-electron chi connectivity index (χ1n) is 4.52. The molecule has 1 heterocycles. The normalized spacial score (nSPS) is 15.5. The zero-order valence-electron chi connectivity index (χ0n) is 7.95. The lowest BCUT2D eigenvalue weighted by Gasteiger charge is -1.96. The second-order valence-corrected chi connectivity index (χ2v) is 4.45. The molecule has 2 rings (SSSR count). The van der Waals surface area contributed by atoms with Crippen LogP contribution in [-0.2, 0) is 16.0 Å². The van der Waals surface area contributed by atoms with Crippen molar-refractivity contribution < 1.29 is 9.53 Å². The molecule has 0 N–H and O–H groups in total. The smallest absolute Gasteiger partial charge is 0.311 e. The molecule has 1 aromatic heterocycles. The van der Waals surface area contributed by atoms with Crippen LogP contribution in [0.5, 0.6) is 0 Å². The summed E-state index contributed by atoms with van der Waals surface area (Å²) in [7, 11) is 7.13. The van der Waals surface area contributed by atoms with Gasteiger partial charge in [0, 0.05) is 5.92 Å². The molecule has 0 bridgehead atoms. The van der Waals surface area contributed by atoms with E-state index in [9.17, 15) is 4.79 Å². The summed E-state index contributed by atoms with van der Waals surface area (Å²) in [5.41, 5.74) is 0.670. The van der Waals surface area contributed by atoms with Crippen molar-refractivity contribution in [3.8, 4) is 0 Å². The minimum absolute atomic E-state index is 0.186. The number of rotatable bonds is 3. The van der Waals surface area contributed by atoms with Gasteiger partial charge in [0.1, 0.15) is 7.85 Å². The molecular formula is C9H10BNO2S. The Bertz CT molecular complexity index is 360. The third kappa shape index (κ3) is 1.98. The number of esters is 1. The summed E-state index contributed by atoms with van der Waals surface area (Å²) in [5.74, 6) is 0.304. The molecule has 0 spiro atoms. The molecule has 1 aliphatic rings. The topological polar surface area (TPSA) is 39.2 Å². The van der Waals surface area contributed by atoms with Crippen LogP contribution >= 0.6 is 11.3 Å². The average Bonchev–Trinajstić information content (AvgIpc) is 2.94. The first-order chi connectivity index (χ1) is 6.70. The van der Waals surface area contributed by atoms with E-state index in [1.54, 1.807) is 0 Å². The van der Waals surface area contributed by atoms with Crippen molar-refractivity contribution in [1.29, 1.82) is 0 Å². The largest absolute Gasteiger partial charge is 0.469 e. The third-order valence-corrected chi connectivity index (χ3v) is 3.30. The SMILES string of the molecule is [B]c1sc(C2CC2)nc1CC(=O)OC. The Labute approximate surface area is 87.9 Å². The van der Waals surface area contributed by atoms with Crippen LogP contribution in [-0.4, -0.2) is 25.9 Å². The van der Waals surface area contributed by atoms with Crippen molar-refractivity contribution in [2.75, 3.05) is 7.11 Å². The summed E-state index contributed by atoms with van der Waals surface area (Å²) in [6, 6.07) is 0. The number of nitrogens with zero attached hydrogens (tertiary/aromatic N) is 1. The first kappa shape index (κ1) is 9.71. The fourth-order valence-electron chi connectivity index (χ4n) is 1.22. The summed E-state index contributed by atoms with van der Waals surface area (Å²) in [6.07, 6.45) is 2.58. The predicted octanol–water partition coefficient (Wildman–Crippen LogP) is 0.530. The van der Waals surface area contributed by atoms with Gasteiger partial charge in [-0.1, -0.05) is 0 Å². The molecule has 0 aliphatic heterocycles. The molecule has 0 saturated heterocycles. The van der Waals surface area contributed by atoms with Crippen molar-refractivity contribution >= 4 is 29.9 Å². The van der Waals surface area contributed by atoms with Gasteiger partial charge < -0.3 is 4.74 Å². The highest BCUT2D eigenvalue weighted by Crippen LogP contribution is 2.40. The molecule has 3 nitrogen and oxygen atoms in total. The molecule has 72 valence electrons. The number of carbonyl (C=O) groups is 1. The highest BCUT2D eigenvalue weighted by atomic mass is 32.1. The van der Waals surface area contributed by atoms with Gasteiger partial charge in [-0.05, 0) is 17.6 Å². The first-order valence-corrected chi connectivity index (χ1v) is 5.34. The molecule has 0 amide bonds. The van der Waals surface area contributed by atoms with Crippen molar-refractivity contribution in [3.63, 3.8) is 0 Å². The van der Waals surface area contributed by atoms with Crippen LogP contribution in [0.15, 0.2) is 0 Å². The van der Waals surface area contributed by atoms with Gasteiger partial charge in [0.2, 0.25) is 0 Å². The van der Waals surface area contributed by atoms with Crippen LogP contribution in [0.25, 0.3) is 0 Å². The maximum Gasteiger partial charge on any atom is 0.311 e. The molecule has 1 aromatic rings. The van der Waals surface area contributed by atoms with Gasteiger partial charge in [0.25, 0.3) is 0 Å². The van der Waals surface area contributed by atoms with E-state index in [0.29, 0.717) is 16.4 Å². The van der Waals surface area contributed by atoms with E-state index in [2.05, 4.69) is 9.72 Å². The molecule has 1 fully saturated rings. The lowest BCUT2D eigenvalue weighted by Crippen LogP contribution is -2.12. The van der Waals surface area contributed by atoms with E-state index in [1.807, 2.05) is 0 Å². The Morgan fingerprint density at radius 2 is 2.43 bits per heavy atom. The zero-order chi connectivity index (χ0) is 10.1. The summed E-state index contributed by atoms with van der Waals surface area (Å²) >= 11 is 1.50. The van der Waals surface area contributed by atoms with E-state index in [-0.39, 0.29) is 12.4 Å². The lowest BCUT2D eigenvalue weighted by atomic mass is 10.0. The number of carbonyl (C=O) groups excluding carboxylic acids is 1. The summed E-state index contributed by atoms with van der Waals surface area (Å²) in [4.78, 5) is 15.4. The fraction of sp³-hybridized carbons (Fsp3) is 0.556. The quantitative estimate of drug-likeness (QED) is 0.536. The number of methoxy groups -OCH3 is 1. The fourth-order valence-corrected chi connectivity index (χ4v) is 2.24. The molecule has 0 atom stereocenters. The van der Waals surface area contributed by atoms with Gasteiger partial charge in [-0.15, -0.1) is 11.3 Å². The van der Waals surface area contributed by atoms with E-state index < -0.39 is 0 Å². The Morgan fingerprint density at radius 3 is 3.00 bits per heavy atom. The minimum Gasteiger partial charge on any atom is -0.469 e. The zero-order valence-corrected chi connectivity index (χ0v) is 8.76. The van der Waals surface area contributed by atoms with E-state index in [1.165, 1.54) is 31.3 Å². The van der Waals surface area contributed by atoms with E-state index in [0.717, 1.165) is 5.01 Å². The monoisotopic (exact) mass is 207 g/mol. The van der Waals surface area contributed by atoms with Gasteiger partial charge in [0.15, 0.2) is 0 Å². The molecule has 1 saturated carbocycles. The second-order valence-electron chi connectivity index (χ2n) is 3.39. The molecule has 0 aromatic carbocycles. The number of hydrogen-bond acceptors (Lipinski definition) is 4. The van der Waals surface area contributed by atoms with Gasteiger partial charge in [-0.3, -0.25) is 4.79 Å².